The normalized spacial score (nSPS) is 11.6. The first-order chi connectivity index (χ1) is 8.09. The van der Waals surface area contributed by atoms with Gasteiger partial charge in [-0.25, -0.2) is 0 Å². The summed E-state index contributed by atoms with van der Waals surface area (Å²) < 4.78 is 2.36. The lowest BCUT2D eigenvalue weighted by atomic mass is 10.2. The van der Waals surface area contributed by atoms with E-state index >= 15 is 0 Å². The Balaban J connectivity index is 2.32. The maximum atomic E-state index is 3.50. The summed E-state index contributed by atoms with van der Waals surface area (Å²) in [7, 11) is 4.25. The highest BCUT2D eigenvalue weighted by Gasteiger charge is 2.01. The molecule has 0 saturated heterocycles. The van der Waals surface area contributed by atoms with Crippen LogP contribution in [0.25, 0.3) is 0 Å². The summed E-state index contributed by atoms with van der Waals surface area (Å²) in [6.07, 6.45) is 3.39. The second-order valence-electron chi connectivity index (χ2n) is 5.37. The zero-order valence-corrected chi connectivity index (χ0v) is 11.7. The van der Waals surface area contributed by atoms with E-state index < -0.39 is 0 Å². The van der Waals surface area contributed by atoms with E-state index in [0.717, 1.165) is 26.2 Å². The molecule has 0 unspecified atom stereocenters. The summed E-state index contributed by atoms with van der Waals surface area (Å²) in [6, 6.07) is 4.35. The minimum absolute atomic E-state index is 0.715. The van der Waals surface area contributed by atoms with Gasteiger partial charge < -0.3 is 14.8 Å². The van der Waals surface area contributed by atoms with Crippen molar-refractivity contribution in [2.75, 3.05) is 27.2 Å². The van der Waals surface area contributed by atoms with Crippen LogP contribution in [0, 0.1) is 5.92 Å². The van der Waals surface area contributed by atoms with Gasteiger partial charge in [-0.3, -0.25) is 0 Å². The Labute approximate surface area is 106 Å². The van der Waals surface area contributed by atoms with Crippen molar-refractivity contribution in [3.63, 3.8) is 0 Å². The second kappa shape index (κ2) is 7.51. The molecule has 0 fully saturated rings. The number of nitrogens with zero attached hydrogens (tertiary/aromatic N) is 2. The van der Waals surface area contributed by atoms with Crippen LogP contribution in [0.1, 0.15) is 26.0 Å². The molecule has 0 spiro atoms. The number of rotatable bonds is 8. The van der Waals surface area contributed by atoms with Gasteiger partial charge in [-0.05, 0) is 51.7 Å². The van der Waals surface area contributed by atoms with Crippen molar-refractivity contribution in [2.45, 2.75) is 33.4 Å². The number of aryl methyl sites for hydroxylation is 1. The molecule has 1 rings (SSSR count). The van der Waals surface area contributed by atoms with Gasteiger partial charge in [0.25, 0.3) is 0 Å². The van der Waals surface area contributed by atoms with Gasteiger partial charge in [0.15, 0.2) is 0 Å². The van der Waals surface area contributed by atoms with Gasteiger partial charge in [0.2, 0.25) is 0 Å². The monoisotopic (exact) mass is 237 g/mol. The minimum atomic E-state index is 0.715. The third-order valence-electron chi connectivity index (χ3n) is 2.79. The molecule has 1 heterocycles. The largest absolute Gasteiger partial charge is 0.350 e. The molecule has 0 amide bonds. The first-order valence-corrected chi connectivity index (χ1v) is 6.59. The van der Waals surface area contributed by atoms with Gasteiger partial charge in [-0.2, -0.15) is 0 Å². The average molecular weight is 237 g/mol. The first kappa shape index (κ1) is 14.3. The summed E-state index contributed by atoms with van der Waals surface area (Å²) in [4.78, 5) is 2.24. The number of nitrogens with one attached hydrogen (secondary N) is 1. The Kier molecular flexibility index (Phi) is 6.30. The van der Waals surface area contributed by atoms with Gasteiger partial charge in [0, 0.05) is 25.0 Å². The molecule has 0 atom stereocenters. The molecular formula is C14H27N3. The van der Waals surface area contributed by atoms with Crippen molar-refractivity contribution < 1.29 is 0 Å². The molecule has 0 radical (unpaired) electrons. The van der Waals surface area contributed by atoms with Crippen molar-refractivity contribution in [2.24, 2.45) is 5.92 Å². The number of aromatic nitrogens is 1. The van der Waals surface area contributed by atoms with Crippen LogP contribution in [0.15, 0.2) is 18.3 Å². The summed E-state index contributed by atoms with van der Waals surface area (Å²) in [6.45, 7) is 8.81. The van der Waals surface area contributed by atoms with E-state index in [4.69, 9.17) is 0 Å². The van der Waals surface area contributed by atoms with Crippen LogP contribution < -0.4 is 5.32 Å². The Morgan fingerprint density at radius 3 is 2.76 bits per heavy atom. The topological polar surface area (TPSA) is 20.2 Å². The van der Waals surface area contributed by atoms with Crippen molar-refractivity contribution in [3.8, 4) is 0 Å². The smallest absolute Gasteiger partial charge is 0.0359 e. The molecule has 0 bridgehead atoms. The molecule has 0 aliphatic carbocycles. The molecule has 17 heavy (non-hydrogen) atoms. The molecule has 1 aromatic heterocycles. The van der Waals surface area contributed by atoms with Crippen molar-refractivity contribution >= 4 is 0 Å². The lowest BCUT2D eigenvalue weighted by Crippen LogP contribution is -2.21. The maximum Gasteiger partial charge on any atom is 0.0359 e. The van der Waals surface area contributed by atoms with Crippen molar-refractivity contribution in [1.82, 2.24) is 14.8 Å². The summed E-state index contributed by atoms with van der Waals surface area (Å²) in [5.41, 5.74) is 1.39. The van der Waals surface area contributed by atoms with E-state index in [0.29, 0.717) is 5.92 Å². The lowest BCUT2D eigenvalue weighted by Gasteiger charge is -2.13. The number of hydrogen-bond acceptors (Lipinski definition) is 2. The Bertz CT molecular complexity index is 274. The fourth-order valence-corrected chi connectivity index (χ4v) is 1.87. The van der Waals surface area contributed by atoms with Gasteiger partial charge in [-0.1, -0.05) is 13.8 Å². The van der Waals surface area contributed by atoms with Crippen molar-refractivity contribution in [3.05, 3.63) is 24.0 Å². The van der Waals surface area contributed by atoms with Crippen molar-refractivity contribution in [1.29, 1.82) is 0 Å². The molecule has 1 aromatic rings. The van der Waals surface area contributed by atoms with Crippen LogP contribution in [-0.4, -0.2) is 36.7 Å². The molecule has 98 valence electrons. The minimum Gasteiger partial charge on any atom is -0.350 e. The fraction of sp³-hybridized carbons (Fsp3) is 0.714. The molecule has 0 saturated carbocycles. The second-order valence-corrected chi connectivity index (χ2v) is 5.37. The molecule has 0 aromatic carbocycles. The van der Waals surface area contributed by atoms with E-state index in [9.17, 15) is 0 Å². The quantitative estimate of drug-likeness (QED) is 0.748. The van der Waals surface area contributed by atoms with Gasteiger partial charge >= 0.3 is 0 Å². The summed E-state index contributed by atoms with van der Waals surface area (Å²) in [5.74, 6) is 0.715. The van der Waals surface area contributed by atoms with E-state index in [-0.39, 0.29) is 0 Å². The molecule has 3 heteroatoms. The number of hydrogen-bond donors (Lipinski definition) is 1. The first-order valence-electron chi connectivity index (χ1n) is 6.59. The van der Waals surface area contributed by atoms with E-state index in [1.807, 2.05) is 0 Å². The van der Waals surface area contributed by atoms with Crippen LogP contribution >= 0.6 is 0 Å². The van der Waals surface area contributed by atoms with Crippen LogP contribution in [0.5, 0.6) is 0 Å². The lowest BCUT2D eigenvalue weighted by molar-refractivity contribution is 0.384. The SMILES string of the molecule is CC(C)CNCc1cccn1CCCN(C)C. The third kappa shape index (κ3) is 5.89. The molecule has 3 nitrogen and oxygen atoms in total. The highest BCUT2D eigenvalue weighted by molar-refractivity contribution is 5.06. The maximum absolute atomic E-state index is 3.50. The highest BCUT2D eigenvalue weighted by Crippen LogP contribution is 2.04. The summed E-state index contributed by atoms with van der Waals surface area (Å²) >= 11 is 0. The molecular weight excluding hydrogens is 210 g/mol. The summed E-state index contributed by atoms with van der Waals surface area (Å²) in [5, 5.41) is 3.50. The zero-order chi connectivity index (χ0) is 12.7. The van der Waals surface area contributed by atoms with Gasteiger partial charge in [-0.15, -0.1) is 0 Å². The fourth-order valence-electron chi connectivity index (χ4n) is 1.87. The van der Waals surface area contributed by atoms with E-state index in [2.05, 4.69) is 61.1 Å². The van der Waals surface area contributed by atoms with Crippen LogP contribution in [0.2, 0.25) is 0 Å². The predicted molar refractivity (Wildman–Crippen MR) is 74.1 cm³/mol. The molecule has 1 N–H and O–H groups in total. The van der Waals surface area contributed by atoms with Gasteiger partial charge in [0.05, 0.1) is 0 Å². The average Bonchev–Trinajstić information content (AvgIpc) is 2.65. The Morgan fingerprint density at radius 1 is 1.35 bits per heavy atom. The van der Waals surface area contributed by atoms with Crippen LogP contribution in [0.4, 0.5) is 0 Å². The Morgan fingerprint density at radius 2 is 2.12 bits per heavy atom. The third-order valence-corrected chi connectivity index (χ3v) is 2.79. The predicted octanol–water partition coefficient (Wildman–Crippen LogP) is 2.19. The van der Waals surface area contributed by atoms with Gasteiger partial charge in [0.1, 0.15) is 0 Å². The highest BCUT2D eigenvalue weighted by atomic mass is 15.1. The van der Waals surface area contributed by atoms with E-state index in [1.54, 1.807) is 0 Å². The van der Waals surface area contributed by atoms with Crippen LogP contribution in [0.3, 0.4) is 0 Å². The molecule has 0 aliphatic heterocycles. The standard InChI is InChI=1S/C14H27N3/c1-13(2)11-15-12-14-7-5-9-17(14)10-6-8-16(3)4/h5,7,9,13,15H,6,8,10-12H2,1-4H3. The zero-order valence-electron chi connectivity index (χ0n) is 11.7. The van der Waals surface area contributed by atoms with Crippen LogP contribution in [-0.2, 0) is 13.1 Å². The molecule has 0 aliphatic rings. The Hall–Kier alpha value is -0.800. The van der Waals surface area contributed by atoms with E-state index in [1.165, 1.54) is 12.1 Å².